The maximum atomic E-state index is 12.1. The molecule has 0 saturated heterocycles. The number of hydrogen-bond acceptors (Lipinski definition) is 5. The summed E-state index contributed by atoms with van der Waals surface area (Å²) in [6.45, 7) is 2.10. The van der Waals surface area contributed by atoms with Crippen molar-refractivity contribution in [3.8, 4) is 11.3 Å². The van der Waals surface area contributed by atoms with Crippen molar-refractivity contribution in [2.24, 2.45) is 5.10 Å². The van der Waals surface area contributed by atoms with Gasteiger partial charge in [-0.15, -0.1) is 0 Å². The van der Waals surface area contributed by atoms with Crippen LogP contribution in [0.25, 0.3) is 11.3 Å². The van der Waals surface area contributed by atoms with Crippen molar-refractivity contribution < 1.29 is 18.7 Å². The predicted octanol–water partition coefficient (Wildman–Crippen LogP) is 4.65. The van der Waals surface area contributed by atoms with E-state index >= 15 is 0 Å². The SMILES string of the molecule is CCOC(=O)c1ccc(-c2ccc(/C=N\NC(=O)c3ccccc3Br)o2)cc1. The number of furan rings is 1. The molecule has 0 aliphatic rings. The van der Waals surface area contributed by atoms with Crippen molar-refractivity contribution in [2.45, 2.75) is 6.92 Å². The Morgan fingerprint density at radius 1 is 1.11 bits per heavy atom. The average molecular weight is 441 g/mol. The normalized spacial score (nSPS) is 10.8. The number of halogens is 1. The van der Waals surface area contributed by atoms with Gasteiger partial charge in [-0.3, -0.25) is 4.79 Å². The van der Waals surface area contributed by atoms with Crippen molar-refractivity contribution in [3.05, 3.63) is 82.0 Å². The Hall–Kier alpha value is -3.19. The first-order valence-electron chi connectivity index (χ1n) is 8.54. The lowest BCUT2D eigenvalue weighted by atomic mass is 10.1. The van der Waals surface area contributed by atoms with E-state index in [1.165, 1.54) is 6.21 Å². The Balaban J connectivity index is 1.64. The fourth-order valence-electron chi connectivity index (χ4n) is 2.42. The maximum Gasteiger partial charge on any atom is 0.338 e. The van der Waals surface area contributed by atoms with Crippen LogP contribution in [0.2, 0.25) is 0 Å². The summed E-state index contributed by atoms with van der Waals surface area (Å²) in [5.41, 5.74) is 4.24. The van der Waals surface area contributed by atoms with E-state index in [4.69, 9.17) is 9.15 Å². The van der Waals surface area contributed by atoms with E-state index < -0.39 is 0 Å². The molecule has 1 aromatic heterocycles. The summed E-state index contributed by atoms with van der Waals surface area (Å²) in [6, 6.07) is 17.5. The summed E-state index contributed by atoms with van der Waals surface area (Å²) in [5, 5.41) is 3.92. The van der Waals surface area contributed by atoms with Crippen LogP contribution in [0.3, 0.4) is 0 Å². The first-order valence-corrected chi connectivity index (χ1v) is 9.33. The summed E-state index contributed by atoms with van der Waals surface area (Å²) in [7, 11) is 0. The number of hydrogen-bond donors (Lipinski definition) is 1. The van der Waals surface area contributed by atoms with Gasteiger partial charge in [-0.2, -0.15) is 5.10 Å². The predicted molar refractivity (Wildman–Crippen MR) is 109 cm³/mol. The molecule has 0 saturated carbocycles. The second-order valence-electron chi connectivity index (χ2n) is 5.68. The van der Waals surface area contributed by atoms with E-state index in [0.29, 0.717) is 33.7 Å². The number of nitrogens with one attached hydrogen (secondary N) is 1. The second kappa shape index (κ2) is 9.14. The van der Waals surface area contributed by atoms with E-state index in [9.17, 15) is 9.59 Å². The molecule has 3 aromatic rings. The van der Waals surface area contributed by atoms with Gasteiger partial charge in [-0.1, -0.05) is 24.3 Å². The van der Waals surface area contributed by atoms with Gasteiger partial charge >= 0.3 is 5.97 Å². The van der Waals surface area contributed by atoms with E-state index in [-0.39, 0.29) is 11.9 Å². The molecule has 0 unspecified atom stereocenters. The number of amides is 1. The third kappa shape index (κ3) is 4.75. The molecule has 6 nitrogen and oxygen atoms in total. The Morgan fingerprint density at radius 2 is 1.86 bits per heavy atom. The first-order chi connectivity index (χ1) is 13.6. The fourth-order valence-corrected chi connectivity index (χ4v) is 2.89. The summed E-state index contributed by atoms with van der Waals surface area (Å²) in [4.78, 5) is 23.8. The Labute approximate surface area is 170 Å². The molecule has 1 amide bonds. The molecule has 0 atom stereocenters. The number of carbonyl (C=O) groups is 2. The zero-order chi connectivity index (χ0) is 19.9. The van der Waals surface area contributed by atoms with Gasteiger partial charge in [0.2, 0.25) is 0 Å². The van der Waals surface area contributed by atoms with E-state index in [1.807, 2.05) is 6.07 Å². The minimum absolute atomic E-state index is 0.329. The van der Waals surface area contributed by atoms with Crippen molar-refractivity contribution in [3.63, 3.8) is 0 Å². The van der Waals surface area contributed by atoms with Crippen molar-refractivity contribution in [2.75, 3.05) is 6.61 Å². The molecule has 0 radical (unpaired) electrons. The molecule has 142 valence electrons. The molecule has 1 heterocycles. The quantitative estimate of drug-likeness (QED) is 0.343. The molecule has 0 fully saturated rings. The Bertz CT molecular complexity index is 1010. The molecule has 0 bridgehead atoms. The number of rotatable bonds is 6. The molecule has 7 heteroatoms. The van der Waals surface area contributed by atoms with Crippen LogP contribution in [-0.2, 0) is 4.74 Å². The molecular weight excluding hydrogens is 424 g/mol. The summed E-state index contributed by atoms with van der Waals surface area (Å²) < 4.78 is 11.4. The highest BCUT2D eigenvalue weighted by atomic mass is 79.9. The van der Waals surface area contributed by atoms with Crippen LogP contribution < -0.4 is 5.43 Å². The van der Waals surface area contributed by atoms with Gasteiger partial charge in [-0.05, 0) is 59.3 Å². The minimum Gasteiger partial charge on any atom is -0.462 e. The number of carbonyl (C=O) groups excluding carboxylic acids is 2. The van der Waals surface area contributed by atoms with Crippen LogP contribution in [0.4, 0.5) is 0 Å². The van der Waals surface area contributed by atoms with Crippen LogP contribution >= 0.6 is 15.9 Å². The lowest BCUT2D eigenvalue weighted by molar-refractivity contribution is 0.0526. The Kier molecular flexibility index (Phi) is 6.39. The number of esters is 1. The lowest BCUT2D eigenvalue weighted by Gasteiger charge is -2.02. The smallest absolute Gasteiger partial charge is 0.338 e. The third-order valence-corrected chi connectivity index (χ3v) is 4.48. The standard InChI is InChI=1S/C21H17BrN2O4/c1-2-27-21(26)15-9-7-14(8-10-15)19-12-11-16(28-19)13-23-24-20(25)17-5-3-4-6-18(17)22/h3-13H,2H2,1H3,(H,24,25)/b23-13-. The van der Waals surface area contributed by atoms with Crippen molar-refractivity contribution in [1.82, 2.24) is 5.43 Å². The van der Waals surface area contributed by atoms with Gasteiger partial charge in [0.15, 0.2) is 0 Å². The number of ether oxygens (including phenoxy) is 1. The Morgan fingerprint density at radius 3 is 2.57 bits per heavy atom. The van der Waals surface area contributed by atoms with Crippen LogP contribution in [0.1, 0.15) is 33.4 Å². The van der Waals surface area contributed by atoms with Gasteiger partial charge in [0.05, 0.1) is 23.9 Å². The molecule has 3 rings (SSSR count). The molecule has 0 spiro atoms. The second-order valence-corrected chi connectivity index (χ2v) is 6.53. The highest BCUT2D eigenvalue weighted by Crippen LogP contribution is 2.22. The van der Waals surface area contributed by atoms with Gasteiger partial charge in [0.25, 0.3) is 5.91 Å². The zero-order valence-corrected chi connectivity index (χ0v) is 16.6. The van der Waals surface area contributed by atoms with E-state index in [2.05, 4.69) is 26.5 Å². The lowest BCUT2D eigenvalue weighted by Crippen LogP contribution is -2.17. The maximum absolute atomic E-state index is 12.1. The van der Waals surface area contributed by atoms with Crippen LogP contribution in [0, 0.1) is 0 Å². The summed E-state index contributed by atoms with van der Waals surface area (Å²) >= 11 is 3.33. The molecule has 1 N–H and O–H groups in total. The monoisotopic (exact) mass is 440 g/mol. The number of nitrogens with zero attached hydrogens (tertiary/aromatic N) is 1. The van der Waals surface area contributed by atoms with Crippen molar-refractivity contribution >= 4 is 34.0 Å². The van der Waals surface area contributed by atoms with Gasteiger partial charge < -0.3 is 9.15 Å². The molecule has 28 heavy (non-hydrogen) atoms. The van der Waals surface area contributed by atoms with E-state index in [0.717, 1.165) is 5.56 Å². The number of benzene rings is 2. The van der Waals surface area contributed by atoms with Gasteiger partial charge in [-0.25, -0.2) is 10.2 Å². The summed E-state index contributed by atoms with van der Waals surface area (Å²) in [5.74, 6) is 0.415. The van der Waals surface area contributed by atoms with Crippen molar-refractivity contribution in [1.29, 1.82) is 0 Å². The number of hydrazone groups is 1. The van der Waals surface area contributed by atoms with E-state index in [1.54, 1.807) is 61.5 Å². The zero-order valence-electron chi connectivity index (χ0n) is 15.0. The molecule has 0 aliphatic carbocycles. The van der Waals surface area contributed by atoms with Crippen LogP contribution in [0.5, 0.6) is 0 Å². The summed E-state index contributed by atoms with van der Waals surface area (Å²) in [6.07, 6.45) is 1.42. The first kappa shape index (κ1) is 19.6. The largest absolute Gasteiger partial charge is 0.462 e. The molecule has 0 aliphatic heterocycles. The highest BCUT2D eigenvalue weighted by Gasteiger charge is 2.09. The third-order valence-electron chi connectivity index (χ3n) is 3.78. The average Bonchev–Trinajstić information content (AvgIpc) is 3.17. The highest BCUT2D eigenvalue weighted by molar-refractivity contribution is 9.10. The van der Waals surface area contributed by atoms with Gasteiger partial charge in [0, 0.05) is 10.0 Å². The fraction of sp³-hybridized carbons (Fsp3) is 0.0952. The van der Waals surface area contributed by atoms with Gasteiger partial charge in [0.1, 0.15) is 11.5 Å². The van der Waals surface area contributed by atoms with Crippen LogP contribution in [0.15, 0.2) is 74.7 Å². The topological polar surface area (TPSA) is 80.9 Å². The minimum atomic E-state index is -0.359. The molecular formula is C21H17BrN2O4. The van der Waals surface area contributed by atoms with Crippen LogP contribution in [-0.4, -0.2) is 24.7 Å². The molecule has 2 aromatic carbocycles.